The number of hydrogen-bond acceptors (Lipinski definition) is 3. The van der Waals surface area contributed by atoms with Crippen molar-refractivity contribution in [2.24, 2.45) is 0 Å². The molecule has 4 nitrogen and oxygen atoms in total. The van der Waals surface area contributed by atoms with Gasteiger partial charge in [0.15, 0.2) is 0 Å². The van der Waals surface area contributed by atoms with E-state index in [0.29, 0.717) is 22.3 Å². The Morgan fingerprint density at radius 1 is 0.667 bits per heavy atom. The summed E-state index contributed by atoms with van der Waals surface area (Å²) in [5.74, 6) is -0.0738. The average molecular weight is 457 g/mol. The normalized spacial score (nSPS) is 16.8. The molecule has 1 heterocycles. The van der Waals surface area contributed by atoms with Crippen molar-refractivity contribution in [1.29, 1.82) is 5.26 Å². The molecule has 0 spiro atoms. The van der Waals surface area contributed by atoms with Gasteiger partial charge in [0.2, 0.25) is 5.69 Å². The van der Waals surface area contributed by atoms with Crippen LogP contribution in [0.3, 0.4) is 0 Å². The zero-order valence-corrected chi connectivity index (χ0v) is 19.0. The summed E-state index contributed by atoms with van der Waals surface area (Å²) in [5.41, 5.74) is 8.78. The molecule has 3 aliphatic rings. The summed E-state index contributed by atoms with van der Waals surface area (Å²) < 4.78 is 0. The number of hydrogen-bond donors (Lipinski definition) is 0. The molecule has 5 aromatic carbocycles. The van der Waals surface area contributed by atoms with Crippen molar-refractivity contribution in [3.63, 3.8) is 0 Å². The molecule has 0 unspecified atom stereocenters. The van der Waals surface area contributed by atoms with Crippen LogP contribution in [0.2, 0.25) is 0 Å². The first-order valence-corrected chi connectivity index (χ1v) is 11.9. The van der Waals surface area contributed by atoms with Crippen LogP contribution < -0.4 is 0 Å². The molecule has 0 N–H and O–H groups in total. The predicted molar refractivity (Wildman–Crippen MR) is 140 cm³/mol. The molecule has 2 bridgehead atoms. The van der Waals surface area contributed by atoms with E-state index in [1.807, 2.05) is 36.4 Å². The molecule has 0 amide bonds. The topological polar surface area (TPSA) is 53.9 Å². The lowest BCUT2D eigenvalue weighted by atomic mass is 9.64. The molecule has 0 radical (unpaired) electrons. The number of benzene rings is 5. The number of nitriles is 1. The molecule has 4 heteroatoms. The third-order valence-corrected chi connectivity index (χ3v) is 7.83. The highest BCUT2D eigenvalue weighted by molar-refractivity contribution is 6.16. The third-order valence-electron chi connectivity index (χ3n) is 7.83. The van der Waals surface area contributed by atoms with Crippen molar-refractivity contribution in [3.05, 3.63) is 136 Å². The monoisotopic (exact) mass is 456 g/mol. The van der Waals surface area contributed by atoms with Crippen molar-refractivity contribution in [2.75, 3.05) is 0 Å². The molecule has 0 aliphatic heterocycles. The Kier molecular flexibility index (Phi) is 3.61. The van der Waals surface area contributed by atoms with Crippen LogP contribution in [-0.2, 0) is 0 Å². The molecule has 3 aliphatic carbocycles. The SMILES string of the molecule is [C-]#[N+]c1c2cc3ccccc3cc2c(C#N)c2nc3c(nc12)C1c2ccccc2C3c2ccccc21. The summed E-state index contributed by atoms with van der Waals surface area (Å²) in [6.45, 7) is 8.10. The number of fused-ring (bicyclic) bond motifs is 3. The van der Waals surface area contributed by atoms with Gasteiger partial charge in [0.25, 0.3) is 0 Å². The molecular formula is C32H16N4. The summed E-state index contributed by atoms with van der Waals surface area (Å²) in [5, 5.41) is 13.9. The molecule has 0 saturated heterocycles. The van der Waals surface area contributed by atoms with Gasteiger partial charge in [-0.1, -0.05) is 78.9 Å². The zero-order valence-electron chi connectivity index (χ0n) is 19.0. The van der Waals surface area contributed by atoms with Crippen molar-refractivity contribution in [1.82, 2.24) is 9.97 Å². The molecule has 36 heavy (non-hydrogen) atoms. The highest BCUT2D eigenvalue weighted by Crippen LogP contribution is 2.55. The number of nitrogens with zero attached hydrogens (tertiary/aromatic N) is 4. The zero-order chi connectivity index (χ0) is 24.0. The van der Waals surface area contributed by atoms with E-state index in [-0.39, 0.29) is 11.8 Å². The maximum atomic E-state index is 10.3. The van der Waals surface area contributed by atoms with E-state index >= 15 is 0 Å². The van der Waals surface area contributed by atoms with E-state index in [1.165, 1.54) is 22.3 Å². The molecule has 9 rings (SSSR count). The van der Waals surface area contributed by atoms with Crippen molar-refractivity contribution in [3.8, 4) is 6.07 Å². The lowest BCUT2D eigenvalue weighted by Crippen LogP contribution is -2.29. The van der Waals surface area contributed by atoms with E-state index in [2.05, 4.69) is 59.4 Å². The fourth-order valence-corrected chi connectivity index (χ4v) is 6.35. The molecular weight excluding hydrogens is 440 g/mol. The Balaban J connectivity index is 1.55. The van der Waals surface area contributed by atoms with Gasteiger partial charge >= 0.3 is 0 Å². The van der Waals surface area contributed by atoms with Crippen molar-refractivity contribution >= 4 is 38.3 Å². The smallest absolute Gasteiger partial charge is 0.222 e. The maximum absolute atomic E-state index is 10.3. The quantitative estimate of drug-likeness (QED) is 0.177. The van der Waals surface area contributed by atoms with E-state index in [0.717, 1.165) is 32.9 Å². The van der Waals surface area contributed by atoms with Crippen LogP contribution in [0.1, 0.15) is 51.0 Å². The van der Waals surface area contributed by atoms with Crippen molar-refractivity contribution in [2.45, 2.75) is 11.8 Å². The summed E-state index contributed by atoms with van der Waals surface area (Å²) in [4.78, 5) is 14.3. The average Bonchev–Trinajstić information content (AvgIpc) is 2.93. The third kappa shape index (κ3) is 2.26. The number of rotatable bonds is 0. The van der Waals surface area contributed by atoms with Gasteiger partial charge < -0.3 is 0 Å². The first kappa shape index (κ1) is 19.3. The Labute approximate surface area is 206 Å². The Bertz CT molecular complexity index is 1850. The number of aromatic nitrogens is 2. The van der Waals surface area contributed by atoms with Crippen LogP contribution in [0.15, 0.2) is 84.9 Å². The van der Waals surface area contributed by atoms with Crippen LogP contribution in [0.4, 0.5) is 5.69 Å². The van der Waals surface area contributed by atoms with E-state index in [9.17, 15) is 5.26 Å². The van der Waals surface area contributed by atoms with Crippen LogP contribution in [-0.4, -0.2) is 9.97 Å². The first-order chi connectivity index (χ1) is 17.8. The van der Waals surface area contributed by atoms with Gasteiger partial charge in [-0.3, -0.25) is 4.98 Å². The van der Waals surface area contributed by atoms with Gasteiger partial charge in [-0.05, 0) is 49.9 Å². The Hall–Kier alpha value is -5.06. The second kappa shape index (κ2) is 6.75. The second-order valence-electron chi connectivity index (χ2n) is 9.51. The van der Waals surface area contributed by atoms with Gasteiger partial charge in [0.05, 0.1) is 46.4 Å². The highest BCUT2D eigenvalue weighted by Gasteiger charge is 2.43. The summed E-state index contributed by atoms with van der Waals surface area (Å²) >= 11 is 0. The summed E-state index contributed by atoms with van der Waals surface area (Å²) in [6.07, 6.45) is 0. The van der Waals surface area contributed by atoms with Gasteiger partial charge in [0, 0.05) is 0 Å². The lowest BCUT2D eigenvalue weighted by Gasteiger charge is -2.40. The van der Waals surface area contributed by atoms with Gasteiger partial charge in [0.1, 0.15) is 6.07 Å². The predicted octanol–water partition coefficient (Wildman–Crippen LogP) is 7.35. The van der Waals surface area contributed by atoms with Crippen LogP contribution in [0, 0.1) is 17.9 Å². The molecule has 0 fully saturated rings. The standard InChI is InChI=1S/C32H16N4/c1-34-28-24-15-18-9-3-2-8-17(18)14-23(24)25(16-33)29-32(28)36-31-27-21-12-6-4-10-19(21)26(30(31)35-29)20-11-5-7-13-22(20)27/h2-15,26-27H. The van der Waals surface area contributed by atoms with Crippen LogP contribution in [0.25, 0.3) is 37.4 Å². The van der Waals surface area contributed by atoms with E-state index < -0.39 is 0 Å². The van der Waals surface area contributed by atoms with Gasteiger partial charge in [-0.15, -0.1) is 0 Å². The van der Waals surface area contributed by atoms with Crippen LogP contribution in [0.5, 0.6) is 0 Å². The van der Waals surface area contributed by atoms with Crippen LogP contribution >= 0.6 is 0 Å². The second-order valence-corrected chi connectivity index (χ2v) is 9.51. The minimum absolute atomic E-state index is 0.0364. The Morgan fingerprint density at radius 2 is 1.14 bits per heavy atom. The fraction of sp³-hybridized carbons (Fsp3) is 0.0625. The van der Waals surface area contributed by atoms with E-state index in [1.54, 1.807) is 0 Å². The molecule has 0 atom stereocenters. The molecule has 0 saturated carbocycles. The van der Waals surface area contributed by atoms with Crippen molar-refractivity contribution < 1.29 is 0 Å². The fourth-order valence-electron chi connectivity index (χ4n) is 6.35. The molecule has 6 aromatic rings. The minimum atomic E-state index is -0.0375. The summed E-state index contributed by atoms with van der Waals surface area (Å²) in [6, 6.07) is 31.5. The van der Waals surface area contributed by atoms with Gasteiger partial charge in [-0.2, -0.15) is 5.26 Å². The maximum Gasteiger partial charge on any atom is 0.222 e. The summed E-state index contributed by atoms with van der Waals surface area (Å²) in [7, 11) is 0. The molecule has 164 valence electrons. The molecule has 1 aromatic heterocycles. The minimum Gasteiger partial charge on any atom is -0.260 e. The van der Waals surface area contributed by atoms with E-state index in [4.69, 9.17) is 16.5 Å². The lowest BCUT2D eigenvalue weighted by molar-refractivity contribution is 0.709. The van der Waals surface area contributed by atoms with Gasteiger partial charge in [-0.25, -0.2) is 9.83 Å². The first-order valence-electron chi connectivity index (χ1n) is 11.9. The highest BCUT2D eigenvalue weighted by atomic mass is 14.9. The largest absolute Gasteiger partial charge is 0.260 e. The Morgan fingerprint density at radius 3 is 1.64 bits per heavy atom.